The summed E-state index contributed by atoms with van der Waals surface area (Å²) in [6.45, 7) is 0. The molecule has 24 heavy (non-hydrogen) atoms. The summed E-state index contributed by atoms with van der Waals surface area (Å²) in [4.78, 5) is 14.0. The van der Waals surface area contributed by atoms with E-state index in [1.54, 1.807) is 12.1 Å². The number of nitrogens with one attached hydrogen (secondary N) is 2. The summed E-state index contributed by atoms with van der Waals surface area (Å²) >= 11 is 5.86. The number of carbonyl (C=O) groups excluding carboxylic acids is 1. The van der Waals surface area contributed by atoms with Gasteiger partial charge in [-0.05, 0) is 24.3 Å². The molecule has 2 aromatic carbocycles. The number of sulfonamides is 1. The number of rotatable bonds is 6. The highest BCUT2D eigenvalue weighted by Gasteiger charge is 2.19. The molecule has 2 N–H and O–H groups in total. The normalized spacial score (nSPS) is 11.0. The Bertz CT molecular complexity index is 832. The van der Waals surface area contributed by atoms with E-state index in [1.165, 1.54) is 44.6 Å². The quantitative estimate of drug-likeness (QED) is 0.758. The van der Waals surface area contributed by atoms with Gasteiger partial charge in [-0.1, -0.05) is 23.7 Å². The van der Waals surface area contributed by atoms with Crippen molar-refractivity contribution < 1.29 is 22.7 Å². The molecule has 7 nitrogen and oxygen atoms in total. The summed E-state index contributed by atoms with van der Waals surface area (Å²) in [7, 11) is -1.12. The molecule has 0 spiro atoms. The highest BCUT2D eigenvalue weighted by molar-refractivity contribution is 7.89. The zero-order chi connectivity index (χ0) is 17.7. The first-order valence-corrected chi connectivity index (χ1v) is 8.53. The van der Waals surface area contributed by atoms with Gasteiger partial charge in [0.05, 0.1) is 19.2 Å². The molecule has 0 saturated carbocycles. The highest BCUT2D eigenvalue weighted by atomic mass is 35.5. The molecule has 2 aromatic rings. The molecule has 0 bridgehead atoms. The maximum Gasteiger partial charge on any atom is 0.266 e. The molecule has 128 valence electrons. The lowest BCUT2D eigenvalue weighted by Gasteiger charge is -2.11. The first kappa shape index (κ1) is 18.1. The van der Waals surface area contributed by atoms with Crippen molar-refractivity contribution in [2.45, 2.75) is 4.90 Å². The van der Waals surface area contributed by atoms with Crippen LogP contribution < -0.4 is 19.7 Å². The van der Waals surface area contributed by atoms with Crippen molar-refractivity contribution in [2.75, 3.05) is 14.2 Å². The van der Waals surface area contributed by atoms with Crippen LogP contribution in [0.25, 0.3) is 0 Å². The highest BCUT2D eigenvalue weighted by Crippen LogP contribution is 2.23. The molecule has 0 aliphatic rings. The Kier molecular flexibility index (Phi) is 5.66. The second kappa shape index (κ2) is 7.52. The minimum Gasteiger partial charge on any atom is -0.497 e. The Morgan fingerprint density at radius 2 is 1.62 bits per heavy atom. The Morgan fingerprint density at radius 3 is 2.17 bits per heavy atom. The number of halogens is 1. The van der Waals surface area contributed by atoms with E-state index in [1.807, 2.05) is 4.83 Å². The Morgan fingerprint density at radius 1 is 1.04 bits per heavy atom. The van der Waals surface area contributed by atoms with E-state index < -0.39 is 15.9 Å². The molecular weight excluding hydrogens is 356 g/mol. The molecule has 0 aromatic heterocycles. The molecule has 0 fully saturated rings. The molecule has 2 rings (SSSR count). The summed E-state index contributed by atoms with van der Waals surface area (Å²) in [5.74, 6) is 0.116. The van der Waals surface area contributed by atoms with Crippen LogP contribution in [-0.4, -0.2) is 28.5 Å². The number of methoxy groups -OCH3 is 2. The lowest BCUT2D eigenvalue weighted by atomic mass is 10.2. The third-order valence-electron chi connectivity index (χ3n) is 3.04. The molecule has 0 heterocycles. The maximum absolute atomic E-state index is 12.2. The average Bonchev–Trinajstić information content (AvgIpc) is 2.59. The van der Waals surface area contributed by atoms with Crippen LogP contribution in [0.5, 0.6) is 11.5 Å². The fourth-order valence-corrected chi connectivity index (χ4v) is 3.20. The Hall–Kier alpha value is -2.29. The monoisotopic (exact) mass is 370 g/mol. The number of amides is 1. The first-order valence-electron chi connectivity index (χ1n) is 6.67. The van der Waals surface area contributed by atoms with Crippen LogP contribution in [0.4, 0.5) is 0 Å². The van der Waals surface area contributed by atoms with Gasteiger partial charge in [0.2, 0.25) is 0 Å². The van der Waals surface area contributed by atoms with Gasteiger partial charge in [-0.3, -0.25) is 10.2 Å². The number of hydrazine groups is 1. The second-order valence-electron chi connectivity index (χ2n) is 4.59. The molecule has 9 heteroatoms. The number of hydrogen-bond donors (Lipinski definition) is 2. The summed E-state index contributed by atoms with van der Waals surface area (Å²) in [5, 5.41) is 0.0438. The number of hydrogen-bond acceptors (Lipinski definition) is 5. The first-order chi connectivity index (χ1) is 11.4. The van der Waals surface area contributed by atoms with Crippen LogP contribution in [0, 0.1) is 0 Å². The van der Waals surface area contributed by atoms with Crippen LogP contribution in [-0.2, 0) is 10.0 Å². The smallest absolute Gasteiger partial charge is 0.266 e. The minimum absolute atomic E-state index is 0.0438. The van der Waals surface area contributed by atoms with Gasteiger partial charge in [0.15, 0.2) is 0 Å². The van der Waals surface area contributed by atoms with Crippen molar-refractivity contribution in [1.29, 1.82) is 0 Å². The van der Waals surface area contributed by atoms with Crippen LogP contribution in [0.2, 0.25) is 5.02 Å². The average molecular weight is 371 g/mol. The summed E-state index contributed by atoms with van der Waals surface area (Å²) in [6.07, 6.45) is 0. The SMILES string of the molecule is COc1cc(OC)cc(C(=O)NNS(=O)(=O)c2ccccc2Cl)c1. The zero-order valence-corrected chi connectivity index (χ0v) is 14.4. The van der Waals surface area contributed by atoms with Gasteiger partial charge >= 0.3 is 0 Å². The van der Waals surface area contributed by atoms with E-state index in [-0.39, 0.29) is 15.5 Å². The summed E-state index contributed by atoms with van der Waals surface area (Å²) in [6, 6.07) is 10.4. The van der Waals surface area contributed by atoms with Crippen molar-refractivity contribution in [3.05, 3.63) is 53.1 Å². The molecule has 0 unspecified atom stereocenters. The van der Waals surface area contributed by atoms with E-state index in [0.717, 1.165) is 0 Å². The van der Waals surface area contributed by atoms with Crippen molar-refractivity contribution in [3.8, 4) is 11.5 Å². The van der Waals surface area contributed by atoms with Gasteiger partial charge in [-0.25, -0.2) is 8.42 Å². The van der Waals surface area contributed by atoms with Gasteiger partial charge in [0.1, 0.15) is 16.4 Å². The standard InChI is InChI=1S/C15H15ClN2O5S/c1-22-11-7-10(8-12(9-11)23-2)15(19)17-18-24(20,21)14-6-4-3-5-13(14)16/h3-9,18H,1-2H3,(H,17,19). The lowest BCUT2D eigenvalue weighted by Crippen LogP contribution is -2.41. The van der Waals surface area contributed by atoms with Crippen LogP contribution >= 0.6 is 11.6 Å². The maximum atomic E-state index is 12.2. The van der Waals surface area contributed by atoms with E-state index in [9.17, 15) is 13.2 Å². The second-order valence-corrected chi connectivity index (χ2v) is 6.65. The van der Waals surface area contributed by atoms with Crippen LogP contribution in [0.1, 0.15) is 10.4 Å². The molecule has 0 saturated heterocycles. The molecule has 0 aliphatic carbocycles. The summed E-state index contributed by atoms with van der Waals surface area (Å²) in [5.41, 5.74) is 2.28. The van der Waals surface area contributed by atoms with Gasteiger partial charge in [-0.15, -0.1) is 4.83 Å². The van der Waals surface area contributed by atoms with Gasteiger partial charge in [-0.2, -0.15) is 0 Å². The van der Waals surface area contributed by atoms with Crippen LogP contribution in [0.3, 0.4) is 0 Å². The molecule has 0 aliphatic heterocycles. The van der Waals surface area contributed by atoms with Crippen molar-refractivity contribution in [3.63, 3.8) is 0 Å². The molecule has 0 radical (unpaired) electrons. The number of benzene rings is 2. The summed E-state index contributed by atoms with van der Waals surface area (Å²) < 4.78 is 34.5. The zero-order valence-electron chi connectivity index (χ0n) is 12.9. The Balaban J connectivity index is 2.17. The van der Waals surface area contributed by atoms with E-state index >= 15 is 0 Å². The van der Waals surface area contributed by atoms with Gasteiger partial charge < -0.3 is 9.47 Å². The van der Waals surface area contributed by atoms with Gasteiger partial charge in [0.25, 0.3) is 15.9 Å². The van der Waals surface area contributed by atoms with E-state index in [0.29, 0.717) is 11.5 Å². The van der Waals surface area contributed by atoms with E-state index in [2.05, 4.69) is 5.43 Å². The van der Waals surface area contributed by atoms with Crippen molar-refractivity contribution in [2.24, 2.45) is 0 Å². The number of carbonyl (C=O) groups is 1. The Labute approximate surface area is 144 Å². The third kappa shape index (κ3) is 4.16. The topological polar surface area (TPSA) is 93.7 Å². The molecule has 0 atom stereocenters. The predicted molar refractivity (Wildman–Crippen MR) is 88.8 cm³/mol. The fraction of sp³-hybridized carbons (Fsp3) is 0.133. The van der Waals surface area contributed by atoms with E-state index in [4.69, 9.17) is 21.1 Å². The molecule has 1 amide bonds. The third-order valence-corrected chi connectivity index (χ3v) is 4.79. The minimum atomic E-state index is -4.00. The number of ether oxygens (including phenoxy) is 2. The van der Waals surface area contributed by atoms with Gasteiger partial charge in [0, 0.05) is 11.6 Å². The largest absolute Gasteiger partial charge is 0.497 e. The van der Waals surface area contributed by atoms with Crippen molar-refractivity contribution >= 4 is 27.5 Å². The lowest BCUT2D eigenvalue weighted by molar-refractivity contribution is 0.0944. The molecular formula is C15H15ClN2O5S. The fourth-order valence-electron chi connectivity index (χ4n) is 1.84. The predicted octanol–water partition coefficient (Wildman–Crippen LogP) is 1.98. The van der Waals surface area contributed by atoms with Crippen LogP contribution in [0.15, 0.2) is 47.4 Å². The van der Waals surface area contributed by atoms with Crippen molar-refractivity contribution in [1.82, 2.24) is 10.3 Å².